The molecule has 1 aliphatic rings. The van der Waals surface area contributed by atoms with Crippen LogP contribution in [0.2, 0.25) is 0 Å². The van der Waals surface area contributed by atoms with E-state index in [0.29, 0.717) is 35.7 Å². The molecule has 3 heterocycles. The van der Waals surface area contributed by atoms with E-state index in [0.717, 1.165) is 35.5 Å². The number of carbonyl (C=O) groups is 1. The molecule has 1 saturated heterocycles. The number of carbonyl (C=O) groups excluding carboxylic acids is 1. The van der Waals surface area contributed by atoms with Crippen LogP contribution in [-0.4, -0.2) is 35.2 Å². The fraction of sp³-hybridized carbons (Fsp3) is 0.435. The molecule has 1 fully saturated rings. The van der Waals surface area contributed by atoms with Crippen molar-refractivity contribution in [2.75, 3.05) is 18.5 Å². The first-order valence-corrected chi connectivity index (χ1v) is 10.6. The van der Waals surface area contributed by atoms with Gasteiger partial charge in [-0.05, 0) is 58.4 Å². The molecular formula is C23H28N4O4. The summed E-state index contributed by atoms with van der Waals surface area (Å²) in [7, 11) is 0. The molecule has 1 aliphatic heterocycles. The van der Waals surface area contributed by atoms with Gasteiger partial charge >= 0.3 is 0 Å². The Kier molecular flexibility index (Phi) is 6.08. The highest BCUT2D eigenvalue weighted by atomic mass is 16.5. The minimum absolute atomic E-state index is 0.278. The maximum absolute atomic E-state index is 12.7. The van der Waals surface area contributed by atoms with Gasteiger partial charge in [0.2, 0.25) is 0 Å². The Balaban J connectivity index is 1.61. The van der Waals surface area contributed by atoms with Crippen LogP contribution in [-0.2, 0) is 0 Å². The van der Waals surface area contributed by atoms with Crippen molar-refractivity contribution >= 4 is 11.6 Å². The zero-order chi connectivity index (χ0) is 22.0. The quantitative estimate of drug-likeness (QED) is 0.607. The highest BCUT2D eigenvalue weighted by Crippen LogP contribution is 2.37. The lowest BCUT2D eigenvalue weighted by atomic mass is 10.0. The van der Waals surface area contributed by atoms with Crippen LogP contribution < -0.4 is 15.4 Å². The Morgan fingerprint density at radius 2 is 2.06 bits per heavy atom. The van der Waals surface area contributed by atoms with Crippen LogP contribution in [0.25, 0.3) is 11.1 Å². The molecule has 0 bridgehead atoms. The second kappa shape index (κ2) is 8.93. The van der Waals surface area contributed by atoms with Gasteiger partial charge in [-0.25, -0.2) is 4.98 Å². The zero-order valence-corrected chi connectivity index (χ0v) is 18.4. The monoisotopic (exact) mass is 424 g/mol. The Morgan fingerprint density at radius 1 is 1.23 bits per heavy atom. The van der Waals surface area contributed by atoms with Crippen LogP contribution in [0.5, 0.6) is 5.75 Å². The number of nitrogens with zero attached hydrogens (tertiary/aromatic N) is 2. The average Bonchev–Trinajstić information content (AvgIpc) is 3.27. The van der Waals surface area contributed by atoms with Crippen LogP contribution >= 0.6 is 0 Å². The molecule has 0 unspecified atom stereocenters. The van der Waals surface area contributed by atoms with Crippen LogP contribution in [0.1, 0.15) is 52.9 Å². The fourth-order valence-corrected chi connectivity index (χ4v) is 3.98. The maximum atomic E-state index is 12.7. The van der Waals surface area contributed by atoms with Crippen molar-refractivity contribution < 1.29 is 18.5 Å². The molecule has 0 spiro atoms. The lowest BCUT2D eigenvalue weighted by Gasteiger charge is -2.24. The number of oxazole rings is 1. The summed E-state index contributed by atoms with van der Waals surface area (Å²) in [5, 5.41) is 10.5. The molecule has 164 valence electrons. The first-order valence-electron chi connectivity index (χ1n) is 10.6. The summed E-state index contributed by atoms with van der Waals surface area (Å²) in [5.74, 6) is 2.05. The van der Waals surface area contributed by atoms with Gasteiger partial charge in [0.1, 0.15) is 23.9 Å². The van der Waals surface area contributed by atoms with Gasteiger partial charge in [0.25, 0.3) is 5.91 Å². The Morgan fingerprint density at radius 3 is 2.71 bits per heavy atom. The number of anilines is 1. The van der Waals surface area contributed by atoms with Crippen LogP contribution in [0.3, 0.4) is 0 Å². The predicted octanol–water partition coefficient (Wildman–Crippen LogP) is 4.34. The molecule has 0 radical (unpaired) electrons. The number of benzene rings is 1. The van der Waals surface area contributed by atoms with Crippen molar-refractivity contribution in [3.63, 3.8) is 0 Å². The van der Waals surface area contributed by atoms with Crippen molar-refractivity contribution in [2.45, 2.75) is 53.0 Å². The molecular weight excluding hydrogens is 396 g/mol. The second-order valence-electron chi connectivity index (χ2n) is 7.96. The third-order valence-electron chi connectivity index (χ3n) is 5.51. The number of rotatable bonds is 6. The van der Waals surface area contributed by atoms with Crippen molar-refractivity contribution in [2.24, 2.45) is 0 Å². The van der Waals surface area contributed by atoms with Gasteiger partial charge in [-0.2, -0.15) is 0 Å². The minimum atomic E-state index is -0.320. The molecule has 3 aromatic rings. The number of amides is 1. The van der Waals surface area contributed by atoms with Crippen LogP contribution in [0, 0.1) is 27.7 Å². The van der Waals surface area contributed by atoms with Gasteiger partial charge in [0.05, 0.1) is 11.3 Å². The summed E-state index contributed by atoms with van der Waals surface area (Å²) in [6, 6.07) is 5.92. The molecule has 8 heteroatoms. The van der Waals surface area contributed by atoms with Gasteiger partial charge in [0, 0.05) is 24.2 Å². The van der Waals surface area contributed by atoms with Gasteiger partial charge in [-0.1, -0.05) is 11.6 Å². The third kappa shape index (κ3) is 4.64. The molecule has 0 saturated carbocycles. The Labute approximate surface area is 181 Å². The van der Waals surface area contributed by atoms with E-state index in [4.69, 9.17) is 13.7 Å². The minimum Gasteiger partial charge on any atom is -0.491 e. The van der Waals surface area contributed by atoms with Gasteiger partial charge in [-0.3, -0.25) is 4.79 Å². The summed E-state index contributed by atoms with van der Waals surface area (Å²) in [4.78, 5) is 16.9. The van der Waals surface area contributed by atoms with E-state index in [2.05, 4.69) is 20.8 Å². The van der Waals surface area contributed by atoms with E-state index in [9.17, 15) is 4.79 Å². The number of piperidine rings is 1. The highest BCUT2D eigenvalue weighted by molar-refractivity contribution is 6.04. The van der Waals surface area contributed by atoms with Gasteiger partial charge in [-0.15, -0.1) is 0 Å². The number of aromatic nitrogens is 2. The number of nitrogens with one attached hydrogen (secondary N) is 2. The lowest BCUT2D eigenvalue weighted by Crippen LogP contribution is -2.38. The molecule has 4 rings (SSSR count). The van der Waals surface area contributed by atoms with E-state index in [1.807, 2.05) is 32.0 Å². The normalized spacial score (nSPS) is 16.3. The van der Waals surface area contributed by atoms with Gasteiger partial charge in [0.15, 0.2) is 11.6 Å². The number of hydrogen-bond acceptors (Lipinski definition) is 7. The fourth-order valence-electron chi connectivity index (χ4n) is 3.98. The maximum Gasteiger partial charge on any atom is 0.277 e. The summed E-state index contributed by atoms with van der Waals surface area (Å²) < 4.78 is 17.0. The molecule has 0 aliphatic carbocycles. The number of aryl methyl sites for hydroxylation is 4. The van der Waals surface area contributed by atoms with E-state index in [1.54, 1.807) is 13.8 Å². The SMILES string of the molecule is Cc1nc(C(=O)Nc2ccc(OC[C@H]3CCCCN3)c(-c3c(C)noc3C)c2)c(C)o1. The van der Waals surface area contributed by atoms with Gasteiger partial charge < -0.3 is 24.3 Å². The smallest absolute Gasteiger partial charge is 0.277 e. The Hall–Kier alpha value is -3.13. The van der Waals surface area contributed by atoms with Crippen LogP contribution in [0.4, 0.5) is 5.69 Å². The van der Waals surface area contributed by atoms with E-state index in [1.165, 1.54) is 12.8 Å². The summed E-state index contributed by atoms with van der Waals surface area (Å²) in [5.41, 5.74) is 3.38. The van der Waals surface area contributed by atoms with Crippen molar-refractivity contribution in [1.29, 1.82) is 0 Å². The number of ether oxygens (including phenoxy) is 1. The van der Waals surface area contributed by atoms with Crippen LogP contribution in [0.15, 0.2) is 27.1 Å². The lowest BCUT2D eigenvalue weighted by molar-refractivity contribution is 0.102. The number of hydrogen-bond donors (Lipinski definition) is 2. The zero-order valence-electron chi connectivity index (χ0n) is 18.4. The van der Waals surface area contributed by atoms with E-state index < -0.39 is 0 Å². The highest BCUT2D eigenvalue weighted by Gasteiger charge is 2.21. The van der Waals surface area contributed by atoms with Crippen molar-refractivity contribution in [1.82, 2.24) is 15.5 Å². The average molecular weight is 425 g/mol. The predicted molar refractivity (Wildman–Crippen MR) is 116 cm³/mol. The molecule has 2 aromatic heterocycles. The molecule has 8 nitrogen and oxygen atoms in total. The third-order valence-corrected chi connectivity index (χ3v) is 5.51. The van der Waals surface area contributed by atoms with Crippen molar-refractivity contribution in [3.05, 3.63) is 47.0 Å². The van der Waals surface area contributed by atoms with E-state index >= 15 is 0 Å². The molecule has 2 N–H and O–H groups in total. The summed E-state index contributed by atoms with van der Waals surface area (Å²) >= 11 is 0. The molecule has 1 atom stereocenters. The van der Waals surface area contributed by atoms with Crippen molar-refractivity contribution in [3.8, 4) is 16.9 Å². The first kappa shape index (κ1) is 21.1. The summed E-state index contributed by atoms with van der Waals surface area (Å²) in [6.07, 6.45) is 3.52. The first-order chi connectivity index (χ1) is 14.9. The topological polar surface area (TPSA) is 102 Å². The molecule has 1 amide bonds. The Bertz CT molecular complexity index is 1060. The standard InChI is InChI=1S/C23H28N4O4/c1-13-21(14(2)31-27-13)19-11-17(26-23(28)22-15(3)30-16(4)25-22)8-9-20(19)29-12-18-7-5-6-10-24-18/h8-9,11,18,24H,5-7,10,12H2,1-4H3,(H,26,28)/t18-/m1/s1. The molecule has 31 heavy (non-hydrogen) atoms. The second-order valence-corrected chi connectivity index (χ2v) is 7.96. The largest absolute Gasteiger partial charge is 0.491 e. The van der Waals surface area contributed by atoms with E-state index in [-0.39, 0.29) is 11.6 Å². The summed E-state index contributed by atoms with van der Waals surface area (Å²) in [6.45, 7) is 8.81. The molecule has 1 aromatic carbocycles.